The van der Waals surface area contributed by atoms with Gasteiger partial charge in [0.25, 0.3) is 0 Å². The molecule has 0 aliphatic heterocycles. The Balaban J connectivity index is 0. The van der Waals surface area contributed by atoms with Crippen molar-refractivity contribution in [1.29, 1.82) is 0 Å². The molecule has 0 spiro atoms. The van der Waals surface area contributed by atoms with Gasteiger partial charge >= 0.3 is 5.97 Å². The fourth-order valence-corrected chi connectivity index (χ4v) is 1.42. The summed E-state index contributed by atoms with van der Waals surface area (Å²) in [7, 11) is 0. The van der Waals surface area contributed by atoms with Crippen molar-refractivity contribution in [2.75, 3.05) is 0 Å². The molecule has 0 saturated heterocycles. The van der Waals surface area contributed by atoms with Crippen molar-refractivity contribution in [2.45, 2.75) is 78.2 Å². The predicted molar refractivity (Wildman–Crippen MR) is 64.9 cm³/mol. The quantitative estimate of drug-likeness (QED) is 0.262. The van der Waals surface area contributed by atoms with Gasteiger partial charge in [-0.25, -0.2) is 4.79 Å². The standard InChI is InChI=1S/C13H26O3.Ti/c1-4-5-6-7-8-9-10-11-13(14)16-15-12(2)3;/h12H,4-11H2,1-3H3;. The van der Waals surface area contributed by atoms with Gasteiger partial charge in [-0.1, -0.05) is 45.4 Å². The van der Waals surface area contributed by atoms with Gasteiger partial charge in [-0.05, 0) is 20.3 Å². The first kappa shape index (κ1) is 19.5. The Kier molecular flexibility index (Phi) is 16.3. The van der Waals surface area contributed by atoms with Gasteiger partial charge in [-0.2, -0.15) is 4.89 Å². The van der Waals surface area contributed by atoms with Gasteiger partial charge in [-0.3, -0.25) is 4.89 Å². The summed E-state index contributed by atoms with van der Waals surface area (Å²) in [6, 6.07) is 0. The summed E-state index contributed by atoms with van der Waals surface area (Å²) < 4.78 is 0. The molecule has 0 radical (unpaired) electrons. The molecule has 0 fully saturated rings. The van der Waals surface area contributed by atoms with Crippen LogP contribution in [-0.4, -0.2) is 12.1 Å². The Morgan fingerprint density at radius 2 is 1.53 bits per heavy atom. The molecule has 0 saturated carbocycles. The van der Waals surface area contributed by atoms with E-state index >= 15 is 0 Å². The van der Waals surface area contributed by atoms with E-state index in [1.165, 1.54) is 32.1 Å². The molecule has 0 aromatic rings. The van der Waals surface area contributed by atoms with Crippen molar-refractivity contribution in [3.63, 3.8) is 0 Å². The summed E-state index contributed by atoms with van der Waals surface area (Å²) in [6.45, 7) is 5.88. The topological polar surface area (TPSA) is 35.5 Å². The van der Waals surface area contributed by atoms with E-state index in [-0.39, 0.29) is 33.8 Å². The summed E-state index contributed by atoms with van der Waals surface area (Å²) in [5.74, 6) is -0.248. The van der Waals surface area contributed by atoms with Crippen LogP contribution in [0.5, 0.6) is 0 Å². The van der Waals surface area contributed by atoms with Gasteiger partial charge in [0.15, 0.2) is 0 Å². The first-order valence-corrected chi connectivity index (χ1v) is 6.53. The molecule has 0 atom stereocenters. The minimum absolute atomic E-state index is 0. The Hall–Kier alpha value is 0.144. The van der Waals surface area contributed by atoms with Crippen LogP contribution in [0.1, 0.15) is 72.1 Å². The number of carbonyl (C=O) groups is 1. The van der Waals surface area contributed by atoms with Gasteiger partial charge in [0.2, 0.25) is 0 Å². The molecule has 0 rings (SSSR count). The molecule has 0 heterocycles. The van der Waals surface area contributed by atoms with Gasteiger partial charge in [0, 0.05) is 28.1 Å². The Bertz CT molecular complexity index is 172. The number of rotatable bonds is 10. The molecule has 4 heteroatoms. The fourth-order valence-electron chi connectivity index (χ4n) is 1.42. The van der Waals surface area contributed by atoms with Crippen LogP contribution < -0.4 is 0 Å². The average molecular weight is 278 g/mol. The van der Waals surface area contributed by atoms with E-state index in [2.05, 4.69) is 11.8 Å². The Morgan fingerprint density at radius 1 is 1.00 bits per heavy atom. The maximum Gasteiger partial charge on any atom is 0.342 e. The maximum atomic E-state index is 11.1. The van der Waals surface area contributed by atoms with Crippen LogP contribution in [0.15, 0.2) is 0 Å². The molecular formula is C13H26O3Ti. The number of hydrogen-bond donors (Lipinski definition) is 0. The van der Waals surface area contributed by atoms with Crippen molar-refractivity contribution in [1.82, 2.24) is 0 Å². The molecule has 0 bridgehead atoms. The van der Waals surface area contributed by atoms with Gasteiger partial charge < -0.3 is 0 Å². The summed E-state index contributed by atoms with van der Waals surface area (Å²) >= 11 is 0. The van der Waals surface area contributed by atoms with Crippen LogP contribution in [0.3, 0.4) is 0 Å². The minimum atomic E-state index is -0.248. The zero-order chi connectivity index (χ0) is 12.2. The van der Waals surface area contributed by atoms with Crippen molar-refractivity contribution in [3.8, 4) is 0 Å². The summed E-state index contributed by atoms with van der Waals surface area (Å²) in [5.41, 5.74) is 0. The van der Waals surface area contributed by atoms with Crippen molar-refractivity contribution in [3.05, 3.63) is 0 Å². The van der Waals surface area contributed by atoms with Crippen LogP contribution in [0, 0.1) is 0 Å². The third-order valence-corrected chi connectivity index (χ3v) is 2.32. The van der Waals surface area contributed by atoms with E-state index in [1.807, 2.05) is 13.8 Å². The number of hydrogen-bond acceptors (Lipinski definition) is 3. The second-order valence-corrected chi connectivity index (χ2v) is 4.47. The minimum Gasteiger partial charge on any atom is -0.298 e. The van der Waals surface area contributed by atoms with E-state index in [1.54, 1.807) is 0 Å². The van der Waals surface area contributed by atoms with Crippen LogP contribution in [0.4, 0.5) is 0 Å². The van der Waals surface area contributed by atoms with Gasteiger partial charge in [0.1, 0.15) is 0 Å². The second-order valence-electron chi connectivity index (χ2n) is 4.47. The predicted octanol–water partition coefficient (Wildman–Crippen LogP) is 4.01. The SMILES string of the molecule is CCCCCCCCCC(=O)OOC(C)C.[Ti]. The van der Waals surface area contributed by atoms with Crippen LogP contribution in [0.2, 0.25) is 0 Å². The summed E-state index contributed by atoms with van der Waals surface area (Å²) in [6.07, 6.45) is 8.86. The molecule has 0 amide bonds. The van der Waals surface area contributed by atoms with E-state index in [4.69, 9.17) is 4.89 Å². The molecule has 0 aromatic heterocycles. The smallest absolute Gasteiger partial charge is 0.298 e. The number of unbranched alkanes of at least 4 members (excludes halogenated alkanes) is 6. The molecule has 0 aliphatic carbocycles. The largest absolute Gasteiger partial charge is 0.342 e. The molecular weight excluding hydrogens is 252 g/mol. The molecule has 0 N–H and O–H groups in total. The number of carbonyl (C=O) groups excluding carboxylic acids is 1. The first-order chi connectivity index (χ1) is 7.66. The monoisotopic (exact) mass is 278 g/mol. The summed E-state index contributed by atoms with van der Waals surface area (Å²) in [4.78, 5) is 20.5. The maximum absolute atomic E-state index is 11.1. The van der Waals surface area contributed by atoms with Crippen LogP contribution >= 0.6 is 0 Å². The Morgan fingerprint density at radius 3 is 2.06 bits per heavy atom. The fraction of sp³-hybridized carbons (Fsp3) is 0.923. The average Bonchev–Trinajstić information content (AvgIpc) is 2.25. The molecule has 0 aliphatic rings. The van der Waals surface area contributed by atoms with Crippen LogP contribution in [0.25, 0.3) is 0 Å². The van der Waals surface area contributed by atoms with Crippen LogP contribution in [-0.2, 0) is 36.3 Å². The molecule has 3 nitrogen and oxygen atoms in total. The third kappa shape index (κ3) is 16.1. The molecule has 0 aromatic carbocycles. The zero-order valence-corrected chi connectivity index (χ0v) is 13.0. The van der Waals surface area contributed by atoms with E-state index in [0.29, 0.717) is 6.42 Å². The third-order valence-electron chi connectivity index (χ3n) is 2.32. The Labute approximate surface area is 120 Å². The molecule has 0 unspecified atom stereocenters. The van der Waals surface area contributed by atoms with Crippen molar-refractivity contribution < 1.29 is 36.3 Å². The van der Waals surface area contributed by atoms with Crippen molar-refractivity contribution in [2.24, 2.45) is 0 Å². The van der Waals surface area contributed by atoms with E-state index in [9.17, 15) is 4.79 Å². The second kappa shape index (κ2) is 14.2. The van der Waals surface area contributed by atoms with Gasteiger partial charge in [-0.15, -0.1) is 0 Å². The zero-order valence-electron chi connectivity index (χ0n) is 11.5. The van der Waals surface area contributed by atoms with E-state index in [0.717, 1.165) is 12.8 Å². The molecule has 100 valence electrons. The van der Waals surface area contributed by atoms with Gasteiger partial charge in [0.05, 0.1) is 6.10 Å². The summed E-state index contributed by atoms with van der Waals surface area (Å²) in [5, 5.41) is 0. The van der Waals surface area contributed by atoms with Crippen molar-refractivity contribution >= 4 is 5.97 Å². The first-order valence-electron chi connectivity index (χ1n) is 6.53. The molecule has 17 heavy (non-hydrogen) atoms. The normalized spacial score (nSPS) is 10.1. The van der Waals surface area contributed by atoms with E-state index < -0.39 is 0 Å².